The molecule has 8 heteroatoms. The monoisotopic (exact) mass is 329 g/mol. The van der Waals surface area contributed by atoms with E-state index in [4.69, 9.17) is 0 Å². The lowest BCUT2D eigenvalue weighted by atomic mass is 10.3. The van der Waals surface area contributed by atoms with Crippen LogP contribution in [0.4, 0.5) is 0 Å². The first-order valence-electron chi connectivity index (χ1n) is 4.89. The zero-order valence-electron chi connectivity index (χ0n) is 8.95. The summed E-state index contributed by atoms with van der Waals surface area (Å²) in [5, 5.41) is 3.99. The Kier molecular flexibility index (Phi) is 3.78. The summed E-state index contributed by atoms with van der Waals surface area (Å²) in [5.41, 5.74) is 0.351. The summed E-state index contributed by atoms with van der Waals surface area (Å²) in [6.07, 6.45) is 1.52. The molecule has 1 amide bonds. The maximum Gasteiger partial charge on any atom is 0.305 e. The summed E-state index contributed by atoms with van der Waals surface area (Å²) in [7, 11) is 0. The van der Waals surface area contributed by atoms with Crippen molar-refractivity contribution in [3.63, 3.8) is 0 Å². The van der Waals surface area contributed by atoms with Gasteiger partial charge in [-0.2, -0.15) is 0 Å². The van der Waals surface area contributed by atoms with Crippen LogP contribution in [0.1, 0.15) is 16.1 Å². The lowest BCUT2D eigenvalue weighted by Gasteiger charge is -2.03. The van der Waals surface area contributed by atoms with Crippen LogP contribution in [-0.4, -0.2) is 15.9 Å². The molecule has 2 rings (SSSR count). The van der Waals surface area contributed by atoms with Gasteiger partial charge < -0.3 is 15.3 Å². The molecule has 2 aromatic rings. The molecule has 6 nitrogen and oxygen atoms in total. The highest BCUT2D eigenvalue weighted by atomic mass is 79.9. The molecule has 18 heavy (non-hydrogen) atoms. The van der Waals surface area contributed by atoms with Gasteiger partial charge in [0, 0.05) is 28.2 Å². The molecule has 0 fully saturated rings. The number of halogens is 1. The van der Waals surface area contributed by atoms with Gasteiger partial charge in [-0.15, -0.1) is 0 Å². The van der Waals surface area contributed by atoms with Crippen LogP contribution in [0.5, 0.6) is 0 Å². The molecule has 2 heterocycles. The van der Waals surface area contributed by atoms with E-state index in [-0.39, 0.29) is 22.7 Å². The molecule has 3 N–H and O–H groups in total. The first-order chi connectivity index (χ1) is 8.56. The van der Waals surface area contributed by atoms with Crippen molar-refractivity contribution in [2.24, 2.45) is 0 Å². The average Bonchev–Trinajstić information content (AvgIpc) is 2.77. The van der Waals surface area contributed by atoms with E-state index in [2.05, 4.69) is 31.2 Å². The third kappa shape index (κ3) is 2.96. The minimum Gasteiger partial charge on any atom is -0.346 e. The second kappa shape index (κ2) is 5.32. The molecule has 0 saturated heterocycles. The molecule has 0 aliphatic rings. The minimum atomic E-state index is -0.423. The van der Waals surface area contributed by atoms with Crippen LogP contribution in [-0.2, 0) is 6.54 Å². The number of pyridine rings is 1. The molecule has 0 radical (unpaired) electrons. The third-order valence-electron chi connectivity index (χ3n) is 2.15. The molecule has 0 spiro atoms. The summed E-state index contributed by atoms with van der Waals surface area (Å²) in [4.78, 5) is 38.6. The van der Waals surface area contributed by atoms with E-state index in [1.165, 1.54) is 11.6 Å². The number of H-pyrrole nitrogens is 2. The Morgan fingerprint density at radius 3 is 2.89 bits per heavy atom. The van der Waals surface area contributed by atoms with Crippen molar-refractivity contribution in [1.82, 2.24) is 15.3 Å². The van der Waals surface area contributed by atoms with Gasteiger partial charge in [-0.3, -0.25) is 14.4 Å². The van der Waals surface area contributed by atoms with E-state index in [0.29, 0.717) is 5.56 Å². The van der Waals surface area contributed by atoms with Crippen LogP contribution in [0.2, 0.25) is 0 Å². The van der Waals surface area contributed by atoms with Gasteiger partial charge in [0.05, 0.1) is 0 Å². The minimum absolute atomic E-state index is 0.0888. The molecule has 0 atom stereocenters. The van der Waals surface area contributed by atoms with Crippen LogP contribution < -0.4 is 15.7 Å². The summed E-state index contributed by atoms with van der Waals surface area (Å²) >= 11 is 4.14. The smallest absolute Gasteiger partial charge is 0.305 e. The van der Waals surface area contributed by atoms with Crippen molar-refractivity contribution < 1.29 is 4.79 Å². The quantitative estimate of drug-likeness (QED) is 0.777. The van der Waals surface area contributed by atoms with E-state index in [9.17, 15) is 14.4 Å². The number of hydrogen-bond donors (Lipinski definition) is 3. The second-order valence-electron chi connectivity index (χ2n) is 3.42. The molecule has 0 aliphatic carbocycles. The van der Waals surface area contributed by atoms with Crippen LogP contribution in [0, 0.1) is 0 Å². The van der Waals surface area contributed by atoms with E-state index >= 15 is 0 Å². The Morgan fingerprint density at radius 2 is 2.22 bits per heavy atom. The van der Waals surface area contributed by atoms with Gasteiger partial charge in [-0.05, 0) is 22.0 Å². The van der Waals surface area contributed by atoms with Gasteiger partial charge >= 0.3 is 4.87 Å². The third-order valence-corrected chi connectivity index (χ3v) is 3.28. The first-order valence-corrected chi connectivity index (χ1v) is 6.56. The van der Waals surface area contributed by atoms with Gasteiger partial charge in [-0.1, -0.05) is 11.3 Å². The van der Waals surface area contributed by atoms with E-state index < -0.39 is 5.91 Å². The largest absolute Gasteiger partial charge is 0.346 e. The van der Waals surface area contributed by atoms with Gasteiger partial charge in [0.25, 0.3) is 11.5 Å². The number of aromatic nitrogens is 2. The zero-order chi connectivity index (χ0) is 13.1. The molecule has 0 unspecified atom stereocenters. The number of rotatable bonds is 3. The predicted molar refractivity (Wildman–Crippen MR) is 70.9 cm³/mol. The number of thiazole rings is 1. The molecular weight excluding hydrogens is 322 g/mol. The number of nitrogens with one attached hydrogen (secondary N) is 3. The Labute approximate surface area is 113 Å². The summed E-state index contributed by atoms with van der Waals surface area (Å²) in [5.74, 6) is -0.423. The Bertz CT molecular complexity index is 688. The highest BCUT2D eigenvalue weighted by molar-refractivity contribution is 9.10. The number of hydrogen-bond acceptors (Lipinski definition) is 4. The molecule has 2 aromatic heterocycles. The summed E-state index contributed by atoms with van der Waals surface area (Å²) in [6.45, 7) is 0.0888. The number of carbonyl (C=O) groups is 1. The molecule has 0 aromatic carbocycles. The van der Waals surface area contributed by atoms with Gasteiger partial charge in [0.15, 0.2) is 0 Å². The van der Waals surface area contributed by atoms with Crippen LogP contribution in [0.3, 0.4) is 0 Å². The fraction of sp³-hybridized carbons (Fsp3) is 0.100. The molecule has 0 aliphatic heterocycles. The average molecular weight is 330 g/mol. The lowest BCUT2D eigenvalue weighted by Crippen LogP contribution is -2.27. The van der Waals surface area contributed by atoms with Crippen LogP contribution in [0.15, 0.2) is 31.7 Å². The fourth-order valence-corrected chi connectivity index (χ4v) is 2.25. The van der Waals surface area contributed by atoms with Gasteiger partial charge in [0.2, 0.25) is 0 Å². The number of amides is 1. The van der Waals surface area contributed by atoms with Gasteiger partial charge in [-0.25, -0.2) is 0 Å². The van der Waals surface area contributed by atoms with Crippen molar-refractivity contribution in [3.05, 3.63) is 53.4 Å². The molecular formula is C10H8BrN3O3S. The number of carbonyl (C=O) groups excluding carboxylic acids is 1. The second-order valence-corrected chi connectivity index (χ2v) is 5.17. The summed E-state index contributed by atoms with van der Waals surface area (Å²) < 4.78 is 0.718. The first kappa shape index (κ1) is 12.8. The topological polar surface area (TPSA) is 94.8 Å². The highest BCUT2D eigenvalue weighted by Gasteiger charge is 2.09. The SMILES string of the molecule is O=C(NCc1cc(Br)c[nH]c1=O)c1csc(=O)[nH]1. The zero-order valence-corrected chi connectivity index (χ0v) is 11.4. The van der Waals surface area contributed by atoms with Crippen molar-refractivity contribution in [1.29, 1.82) is 0 Å². The summed E-state index contributed by atoms with van der Waals surface area (Å²) in [6, 6.07) is 1.62. The Balaban J connectivity index is 2.08. The van der Waals surface area contributed by atoms with Crippen LogP contribution in [0.25, 0.3) is 0 Å². The lowest BCUT2D eigenvalue weighted by molar-refractivity contribution is 0.0946. The Morgan fingerprint density at radius 1 is 1.44 bits per heavy atom. The normalized spacial score (nSPS) is 10.3. The molecule has 0 bridgehead atoms. The van der Waals surface area contributed by atoms with Crippen molar-refractivity contribution in [2.75, 3.05) is 0 Å². The van der Waals surface area contributed by atoms with Crippen molar-refractivity contribution in [3.8, 4) is 0 Å². The standard InChI is InChI=1S/C10H8BrN3O3S/c11-6-1-5(8(15)13-3-6)2-12-9(16)7-4-18-10(17)14-7/h1,3-4H,2H2,(H,12,16)(H,13,15)(H,14,17). The maximum atomic E-state index is 11.6. The van der Waals surface area contributed by atoms with Crippen molar-refractivity contribution in [2.45, 2.75) is 6.54 Å². The van der Waals surface area contributed by atoms with Gasteiger partial charge in [0.1, 0.15) is 5.69 Å². The van der Waals surface area contributed by atoms with E-state index in [1.54, 1.807) is 6.07 Å². The maximum absolute atomic E-state index is 11.6. The molecule has 94 valence electrons. The fourth-order valence-electron chi connectivity index (χ4n) is 1.29. The Hall–Kier alpha value is -1.67. The van der Waals surface area contributed by atoms with E-state index in [1.807, 2.05) is 0 Å². The predicted octanol–water partition coefficient (Wildman–Crippen LogP) is 0.817. The van der Waals surface area contributed by atoms with Crippen LogP contribution >= 0.6 is 27.3 Å². The van der Waals surface area contributed by atoms with Crippen molar-refractivity contribution >= 4 is 33.2 Å². The van der Waals surface area contributed by atoms with E-state index in [0.717, 1.165) is 15.8 Å². The number of aromatic amines is 2. The molecule has 0 saturated carbocycles. The highest BCUT2D eigenvalue weighted by Crippen LogP contribution is 2.06.